The summed E-state index contributed by atoms with van der Waals surface area (Å²) in [6, 6.07) is 7.43. The number of nitrogens with one attached hydrogen (secondary N) is 1. The summed E-state index contributed by atoms with van der Waals surface area (Å²) >= 11 is 2.21. The van der Waals surface area contributed by atoms with E-state index in [1.54, 1.807) is 0 Å². The van der Waals surface area contributed by atoms with Crippen molar-refractivity contribution in [1.29, 1.82) is 0 Å². The Bertz CT molecular complexity index is 410. The van der Waals surface area contributed by atoms with Gasteiger partial charge in [0.2, 0.25) is 0 Å². The molecule has 1 aromatic carbocycles. The van der Waals surface area contributed by atoms with Crippen LogP contribution in [-0.4, -0.2) is 23.2 Å². The van der Waals surface area contributed by atoms with Crippen molar-refractivity contribution in [3.63, 3.8) is 0 Å². The lowest BCUT2D eigenvalue weighted by Gasteiger charge is -2.32. The van der Waals surface area contributed by atoms with Crippen molar-refractivity contribution >= 4 is 28.5 Å². The molecule has 0 radical (unpaired) electrons. The predicted molar refractivity (Wildman–Crippen MR) is 79.5 cm³/mol. The minimum atomic E-state index is -0.697. The van der Waals surface area contributed by atoms with E-state index in [1.807, 2.05) is 24.3 Å². The summed E-state index contributed by atoms with van der Waals surface area (Å²) < 4.78 is 1.11. The van der Waals surface area contributed by atoms with E-state index >= 15 is 0 Å². The van der Waals surface area contributed by atoms with Gasteiger partial charge in [0.05, 0.1) is 5.60 Å². The number of halogens is 1. The maximum absolute atomic E-state index is 11.9. The highest BCUT2D eigenvalue weighted by Crippen LogP contribution is 2.27. The minimum Gasteiger partial charge on any atom is -0.388 e. The first-order valence-corrected chi connectivity index (χ1v) is 7.43. The summed E-state index contributed by atoms with van der Waals surface area (Å²) in [4.78, 5) is 11.9. The average molecular weight is 359 g/mol. The van der Waals surface area contributed by atoms with Crippen LogP contribution < -0.4 is 5.32 Å². The van der Waals surface area contributed by atoms with E-state index < -0.39 is 5.60 Å². The molecule has 2 rings (SSSR count). The first-order valence-electron chi connectivity index (χ1n) is 6.35. The highest BCUT2D eigenvalue weighted by atomic mass is 127. The number of amides is 1. The molecule has 0 aromatic heterocycles. The zero-order valence-corrected chi connectivity index (χ0v) is 12.4. The summed E-state index contributed by atoms with van der Waals surface area (Å²) in [5, 5.41) is 13.1. The molecule has 1 amide bonds. The molecule has 1 aromatic rings. The molecule has 3 nitrogen and oxygen atoms in total. The Hall–Kier alpha value is -0.620. The van der Waals surface area contributed by atoms with Gasteiger partial charge >= 0.3 is 0 Å². The van der Waals surface area contributed by atoms with Gasteiger partial charge in [0.25, 0.3) is 5.91 Å². The quantitative estimate of drug-likeness (QED) is 0.816. The van der Waals surface area contributed by atoms with Crippen LogP contribution in [-0.2, 0) is 0 Å². The Kier molecular flexibility index (Phi) is 4.61. The van der Waals surface area contributed by atoms with Crippen LogP contribution in [0.1, 0.15) is 42.5 Å². The molecule has 1 aliphatic rings. The van der Waals surface area contributed by atoms with Crippen molar-refractivity contribution < 1.29 is 9.90 Å². The molecule has 0 aliphatic heterocycles. The van der Waals surface area contributed by atoms with Crippen LogP contribution in [0.4, 0.5) is 0 Å². The Labute approximate surface area is 121 Å². The van der Waals surface area contributed by atoms with Gasteiger partial charge < -0.3 is 10.4 Å². The Balaban J connectivity index is 1.89. The minimum absolute atomic E-state index is 0.106. The van der Waals surface area contributed by atoms with Crippen molar-refractivity contribution in [2.45, 2.75) is 37.7 Å². The summed E-state index contributed by atoms with van der Waals surface area (Å²) in [7, 11) is 0. The van der Waals surface area contributed by atoms with Gasteiger partial charge in [0, 0.05) is 15.7 Å². The van der Waals surface area contributed by atoms with Gasteiger partial charge in [-0.05, 0) is 59.7 Å². The average Bonchev–Trinajstić information content (AvgIpc) is 2.38. The molecule has 18 heavy (non-hydrogen) atoms. The highest BCUT2D eigenvalue weighted by Gasteiger charge is 2.29. The molecule has 4 heteroatoms. The third-order valence-corrected chi connectivity index (χ3v) is 4.19. The number of rotatable bonds is 3. The van der Waals surface area contributed by atoms with Gasteiger partial charge in [-0.2, -0.15) is 0 Å². The lowest BCUT2D eigenvalue weighted by molar-refractivity contribution is 0.00526. The van der Waals surface area contributed by atoms with E-state index in [2.05, 4.69) is 27.9 Å². The van der Waals surface area contributed by atoms with Gasteiger partial charge in [0.1, 0.15) is 0 Å². The van der Waals surface area contributed by atoms with Gasteiger partial charge in [0.15, 0.2) is 0 Å². The number of carbonyl (C=O) groups excluding carboxylic acids is 1. The van der Waals surface area contributed by atoms with Crippen molar-refractivity contribution in [1.82, 2.24) is 5.32 Å². The van der Waals surface area contributed by atoms with Crippen LogP contribution in [0, 0.1) is 3.57 Å². The monoisotopic (exact) mass is 359 g/mol. The molecule has 0 atom stereocenters. The molecular weight excluding hydrogens is 341 g/mol. The standard InChI is InChI=1S/C14H18INO2/c15-12-6-4-11(5-7-12)13(17)16-10-14(18)8-2-1-3-9-14/h4-7,18H,1-3,8-10H2,(H,16,17). The topological polar surface area (TPSA) is 49.3 Å². The van der Waals surface area contributed by atoms with Crippen LogP contribution in [0.5, 0.6) is 0 Å². The lowest BCUT2D eigenvalue weighted by atomic mass is 9.85. The second kappa shape index (κ2) is 6.02. The fraction of sp³-hybridized carbons (Fsp3) is 0.500. The molecule has 0 heterocycles. The zero-order chi connectivity index (χ0) is 13.0. The van der Waals surface area contributed by atoms with Crippen molar-refractivity contribution in [3.8, 4) is 0 Å². The van der Waals surface area contributed by atoms with E-state index in [4.69, 9.17) is 0 Å². The maximum atomic E-state index is 11.9. The van der Waals surface area contributed by atoms with Crippen LogP contribution in [0.25, 0.3) is 0 Å². The number of aliphatic hydroxyl groups is 1. The SMILES string of the molecule is O=C(NCC1(O)CCCCC1)c1ccc(I)cc1. The highest BCUT2D eigenvalue weighted by molar-refractivity contribution is 14.1. The number of hydrogen-bond donors (Lipinski definition) is 2. The van der Waals surface area contributed by atoms with Crippen LogP contribution in [0.3, 0.4) is 0 Å². The Morgan fingerprint density at radius 2 is 1.83 bits per heavy atom. The first kappa shape index (κ1) is 13.8. The third kappa shape index (κ3) is 3.68. The second-order valence-electron chi connectivity index (χ2n) is 4.97. The van der Waals surface area contributed by atoms with E-state index in [0.717, 1.165) is 29.3 Å². The first-order chi connectivity index (χ1) is 8.59. The van der Waals surface area contributed by atoms with Gasteiger partial charge in [-0.3, -0.25) is 4.79 Å². The summed E-state index contributed by atoms with van der Waals surface area (Å²) in [6.45, 7) is 0.359. The number of hydrogen-bond acceptors (Lipinski definition) is 2. The number of benzene rings is 1. The molecule has 0 spiro atoms. The maximum Gasteiger partial charge on any atom is 0.251 e. The van der Waals surface area contributed by atoms with Crippen molar-refractivity contribution in [2.75, 3.05) is 6.54 Å². The predicted octanol–water partition coefficient (Wildman–Crippen LogP) is 2.72. The molecule has 2 N–H and O–H groups in total. The Morgan fingerprint density at radius 1 is 1.22 bits per heavy atom. The fourth-order valence-corrected chi connectivity index (χ4v) is 2.69. The summed E-state index contributed by atoms with van der Waals surface area (Å²) in [5.74, 6) is -0.106. The third-order valence-electron chi connectivity index (χ3n) is 3.47. The van der Waals surface area contributed by atoms with E-state index in [-0.39, 0.29) is 5.91 Å². The van der Waals surface area contributed by atoms with Gasteiger partial charge in [-0.1, -0.05) is 19.3 Å². The van der Waals surface area contributed by atoms with E-state index in [9.17, 15) is 9.90 Å². The van der Waals surface area contributed by atoms with Crippen LogP contribution in [0.15, 0.2) is 24.3 Å². The molecule has 0 unspecified atom stereocenters. The fourth-order valence-electron chi connectivity index (χ4n) is 2.33. The van der Waals surface area contributed by atoms with E-state index in [0.29, 0.717) is 12.1 Å². The van der Waals surface area contributed by atoms with Crippen molar-refractivity contribution in [3.05, 3.63) is 33.4 Å². The van der Waals surface area contributed by atoms with Crippen LogP contribution in [0.2, 0.25) is 0 Å². The second-order valence-corrected chi connectivity index (χ2v) is 6.22. The van der Waals surface area contributed by atoms with E-state index in [1.165, 1.54) is 6.42 Å². The summed E-state index contributed by atoms with van der Waals surface area (Å²) in [5.41, 5.74) is -0.0493. The molecular formula is C14H18INO2. The lowest BCUT2D eigenvalue weighted by Crippen LogP contribution is -2.44. The molecule has 0 saturated heterocycles. The van der Waals surface area contributed by atoms with Gasteiger partial charge in [-0.25, -0.2) is 0 Å². The van der Waals surface area contributed by atoms with Crippen molar-refractivity contribution in [2.24, 2.45) is 0 Å². The molecule has 98 valence electrons. The molecule has 1 fully saturated rings. The normalized spacial score (nSPS) is 18.3. The van der Waals surface area contributed by atoms with Gasteiger partial charge in [-0.15, -0.1) is 0 Å². The largest absolute Gasteiger partial charge is 0.388 e. The van der Waals surface area contributed by atoms with Crippen LogP contribution >= 0.6 is 22.6 Å². The molecule has 0 bridgehead atoms. The molecule has 1 saturated carbocycles. The summed E-state index contributed by atoms with van der Waals surface area (Å²) in [6.07, 6.45) is 4.87. The smallest absolute Gasteiger partial charge is 0.251 e. The molecule has 1 aliphatic carbocycles. The Morgan fingerprint density at radius 3 is 2.44 bits per heavy atom. The zero-order valence-electron chi connectivity index (χ0n) is 10.3. The number of carbonyl (C=O) groups is 1.